The monoisotopic (exact) mass is 362 g/mol. The van der Waals surface area contributed by atoms with E-state index >= 15 is 0 Å². The normalized spacial score (nSPS) is 25.0. The van der Waals surface area contributed by atoms with Gasteiger partial charge in [0.1, 0.15) is 5.69 Å². The predicted octanol–water partition coefficient (Wildman–Crippen LogP) is 1.04. The number of piperidine rings is 1. The molecule has 1 amide bonds. The summed E-state index contributed by atoms with van der Waals surface area (Å²) in [6.07, 6.45) is 3.73. The SMILES string of the molecule is Cc1cc(C(=O)NCC2CCCO2)nc(N2CCC3(CC2)OCCO3)n1. The van der Waals surface area contributed by atoms with Crippen LogP contribution in [0.5, 0.6) is 0 Å². The fourth-order valence-electron chi connectivity index (χ4n) is 3.75. The number of amides is 1. The molecule has 0 saturated carbocycles. The standard InChI is InChI=1S/C18H26N4O4/c1-13-11-15(16(23)19-12-14-3-2-8-24-14)21-17(20-13)22-6-4-18(5-7-22)25-9-10-26-18/h11,14H,2-10,12H2,1H3,(H,19,23). The molecule has 0 radical (unpaired) electrons. The molecule has 0 aliphatic carbocycles. The maximum atomic E-state index is 12.5. The molecular weight excluding hydrogens is 336 g/mol. The van der Waals surface area contributed by atoms with Crippen LogP contribution in [-0.4, -0.2) is 67.2 Å². The van der Waals surface area contributed by atoms with Crippen LogP contribution in [0.3, 0.4) is 0 Å². The van der Waals surface area contributed by atoms with Crippen molar-refractivity contribution in [3.8, 4) is 0 Å². The van der Waals surface area contributed by atoms with Crippen LogP contribution in [-0.2, 0) is 14.2 Å². The number of hydrogen-bond acceptors (Lipinski definition) is 7. The number of anilines is 1. The molecule has 1 aromatic heterocycles. The van der Waals surface area contributed by atoms with Gasteiger partial charge in [-0.2, -0.15) is 0 Å². The van der Waals surface area contributed by atoms with Crippen LogP contribution in [0.2, 0.25) is 0 Å². The second-order valence-corrected chi connectivity index (χ2v) is 7.13. The predicted molar refractivity (Wildman–Crippen MR) is 94.2 cm³/mol. The van der Waals surface area contributed by atoms with Crippen molar-refractivity contribution in [1.82, 2.24) is 15.3 Å². The molecule has 26 heavy (non-hydrogen) atoms. The van der Waals surface area contributed by atoms with Crippen molar-refractivity contribution >= 4 is 11.9 Å². The summed E-state index contributed by atoms with van der Waals surface area (Å²) in [6.45, 7) is 6.02. The lowest BCUT2D eigenvalue weighted by atomic mass is 10.0. The number of ether oxygens (including phenoxy) is 3. The van der Waals surface area contributed by atoms with Crippen LogP contribution in [0.15, 0.2) is 6.07 Å². The van der Waals surface area contributed by atoms with E-state index in [4.69, 9.17) is 14.2 Å². The van der Waals surface area contributed by atoms with Gasteiger partial charge in [-0.05, 0) is 25.8 Å². The highest BCUT2D eigenvalue weighted by Gasteiger charge is 2.40. The second-order valence-electron chi connectivity index (χ2n) is 7.13. The van der Waals surface area contributed by atoms with E-state index in [0.717, 1.165) is 51.1 Å². The number of carbonyl (C=O) groups excluding carboxylic acids is 1. The highest BCUT2D eigenvalue weighted by molar-refractivity contribution is 5.92. The van der Waals surface area contributed by atoms with Gasteiger partial charge >= 0.3 is 0 Å². The minimum Gasteiger partial charge on any atom is -0.376 e. The molecule has 8 heteroatoms. The van der Waals surface area contributed by atoms with Gasteiger partial charge in [-0.3, -0.25) is 4.79 Å². The minimum atomic E-state index is -0.429. The summed E-state index contributed by atoms with van der Waals surface area (Å²) in [7, 11) is 0. The third-order valence-corrected chi connectivity index (χ3v) is 5.21. The van der Waals surface area contributed by atoms with Crippen molar-refractivity contribution in [1.29, 1.82) is 0 Å². The average molecular weight is 362 g/mol. The van der Waals surface area contributed by atoms with Crippen LogP contribution < -0.4 is 10.2 Å². The lowest BCUT2D eigenvalue weighted by Crippen LogP contribution is -2.46. The van der Waals surface area contributed by atoms with Gasteiger partial charge in [0.05, 0.1) is 19.3 Å². The Morgan fingerprint density at radius 2 is 2.04 bits per heavy atom. The number of nitrogens with one attached hydrogen (secondary N) is 1. The van der Waals surface area contributed by atoms with Crippen LogP contribution in [0, 0.1) is 6.92 Å². The molecular formula is C18H26N4O4. The first-order chi connectivity index (χ1) is 12.6. The fraction of sp³-hybridized carbons (Fsp3) is 0.722. The molecule has 3 aliphatic rings. The van der Waals surface area contributed by atoms with Crippen molar-refractivity contribution in [3.05, 3.63) is 17.5 Å². The highest BCUT2D eigenvalue weighted by Crippen LogP contribution is 2.32. The Hall–Kier alpha value is -1.77. The highest BCUT2D eigenvalue weighted by atomic mass is 16.7. The Balaban J connectivity index is 1.40. The summed E-state index contributed by atoms with van der Waals surface area (Å²) >= 11 is 0. The Bertz CT molecular complexity index is 647. The Morgan fingerprint density at radius 3 is 2.73 bits per heavy atom. The van der Waals surface area contributed by atoms with E-state index < -0.39 is 5.79 Å². The molecule has 1 N–H and O–H groups in total. The van der Waals surface area contributed by atoms with Crippen molar-refractivity contribution < 1.29 is 19.0 Å². The average Bonchev–Trinajstić information content (AvgIpc) is 3.32. The summed E-state index contributed by atoms with van der Waals surface area (Å²) in [5.41, 5.74) is 1.19. The van der Waals surface area contributed by atoms with Crippen molar-refractivity contribution in [2.75, 3.05) is 44.4 Å². The lowest BCUT2D eigenvalue weighted by Gasteiger charge is -2.37. The van der Waals surface area contributed by atoms with E-state index in [9.17, 15) is 4.79 Å². The first-order valence-corrected chi connectivity index (χ1v) is 9.42. The fourth-order valence-corrected chi connectivity index (χ4v) is 3.75. The zero-order chi connectivity index (χ0) is 18.0. The number of hydrogen-bond donors (Lipinski definition) is 1. The summed E-state index contributed by atoms with van der Waals surface area (Å²) in [5, 5.41) is 2.93. The minimum absolute atomic E-state index is 0.117. The van der Waals surface area contributed by atoms with Crippen molar-refractivity contribution in [2.24, 2.45) is 0 Å². The molecule has 4 rings (SSSR count). The van der Waals surface area contributed by atoms with Gasteiger partial charge in [0, 0.05) is 44.8 Å². The number of aromatic nitrogens is 2. The van der Waals surface area contributed by atoms with Crippen LogP contribution >= 0.6 is 0 Å². The molecule has 1 unspecified atom stereocenters. The third-order valence-electron chi connectivity index (χ3n) is 5.21. The summed E-state index contributed by atoms with van der Waals surface area (Å²) in [5.74, 6) is -0.00903. The molecule has 3 saturated heterocycles. The molecule has 0 bridgehead atoms. The maximum Gasteiger partial charge on any atom is 0.270 e. The smallest absolute Gasteiger partial charge is 0.270 e. The van der Waals surface area contributed by atoms with E-state index in [1.165, 1.54) is 0 Å². The number of rotatable bonds is 4. The number of carbonyl (C=O) groups is 1. The van der Waals surface area contributed by atoms with Gasteiger partial charge < -0.3 is 24.4 Å². The van der Waals surface area contributed by atoms with Crippen molar-refractivity contribution in [2.45, 2.75) is 44.5 Å². The van der Waals surface area contributed by atoms with Gasteiger partial charge in [0.15, 0.2) is 5.79 Å². The first-order valence-electron chi connectivity index (χ1n) is 9.42. The topological polar surface area (TPSA) is 85.8 Å². The first kappa shape index (κ1) is 17.6. The molecule has 1 aromatic rings. The van der Waals surface area contributed by atoms with Crippen LogP contribution in [0.1, 0.15) is 41.9 Å². The molecule has 3 aliphatic heterocycles. The zero-order valence-corrected chi connectivity index (χ0v) is 15.2. The Morgan fingerprint density at radius 1 is 1.27 bits per heavy atom. The van der Waals surface area contributed by atoms with Crippen LogP contribution in [0.4, 0.5) is 5.95 Å². The molecule has 8 nitrogen and oxygen atoms in total. The van der Waals surface area contributed by atoms with Crippen molar-refractivity contribution in [3.63, 3.8) is 0 Å². The van der Waals surface area contributed by atoms with E-state index in [1.807, 2.05) is 6.92 Å². The van der Waals surface area contributed by atoms with Gasteiger partial charge in [-0.1, -0.05) is 0 Å². The van der Waals surface area contributed by atoms with E-state index in [0.29, 0.717) is 31.4 Å². The maximum absolute atomic E-state index is 12.5. The van der Waals surface area contributed by atoms with Crippen LogP contribution in [0.25, 0.3) is 0 Å². The summed E-state index contributed by atoms with van der Waals surface area (Å²) in [6, 6.07) is 1.73. The van der Waals surface area contributed by atoms with Gasteiger partial charge in [0.25, 0.3) is 5.91 Å². The molecule has 142 valence electrons. The summed E-state index contributed by atoms with van der Waals surface area (Å²) < 4.78 is 17.1. The largest absolute Gasteiger partial charge is 0.376 e. The molecule has 0 aromatic carbocycles. The van der Waals surface area contributed by atoms with E-state index in [2.05, 4.69) is 20.2 Å². The number of nitrogens with zero attached hydrogens (tertiary/aromatic N) is 3. The van der Waals surface area contributed by atoms with E-state index in [-0.39, 0.29) is 12.0 Å². The summed E-state index contributed by atoms with van der Waals surface area (Å²) in [4.78, 5) is 23.6. The molecule has 1 atom stereocenters. The molecule has 4 heterocycles. The molecule has 3 fully saturated rings. The van der Waals surface area contributed by atoms with Gasteiger partial charge in [0.2, 0.25) is 5.95 Å². The zero-order valence-electron chi connectivity index (χ0n) is 15.2. The lowest BCUT2D eigenvalue weighted by molar-refractivity contribution is -0.169. The third kappa shape index (κ3) is 3.82. The second kappa shape index (κ2) is 7.46. The van der Waals surface area contributed by atoms with E-state index in [1.54, 1.807) is 6.07 Å². The van der Waals surface area contributed by atoms with Gasteiger partial charge in [-0.15, -0.1) is 0 Å². The Kier molecular flexibility index (Phi) is 5.06. The number of aryl methyl sites for hydroxylation is 1. The molecule has 1 spiro atoms. The van der Waals surface area contributed by atoms with Gasteiger partial charge in [-0.25, -0.2) is 9.97 Å². The Labute approximate surface area is 153 Å². The quantitative estimate of drug-likeness (QED) is 0.856.